The molecule has 0 aliphatic heterocycles. The number of ether oxygens (including phenoxy) is 3. The SMILES string of the molecule is COCCOC(=O)c1ccc(OC(C)C)c(S(=O)(=O)Cl)c1. The summed E-state index contributed by atoms with van der Waals surface area (Å²) in [5.41, 5.74) is 0.0708. The Morgan fingerprint density at radius 2 is 1.95 bits per heavy atom. The van der Waals surface area contributed by atoms with Crippen molar-refractivity contribution in [3.05, 3.63) is 23.8 Å². The topological polar surface area (TPSA) is 78.9 Å². The minimum absolute atomic E-state index is 0.0708. The number of carbonyl (C=O) groups is 1. The van der Waals surface area contributed by atoms with Gasteiger partial charge < -0.3 is 14.2 Å². The maximum absolute atomic E-state index is 11.8. The van der Waals surface area contributed by atoms with Gasteiger partial charge in [-0.25, -0.2) is 13.2 Å². The number of hydrogen-bond donors (Lipinski definition) is 0. The lowest BCUT2D eigenvalue weighted by Crippen LogP contribution is -2.12. The molecular weight excluding hydrogens is 320 g/mol. The quantitative estimate of drug-likeness (QED) is 0.431. The molecular formula is C13H17ClO6S. The summed E-state index contributed by atoms with van der Waals surface area (Å²) in [6, 6.07) is 3.93. The maximum atomic E-state index is 11.8. The molecule has 0 aliphatic rings. The van der Waals surface area contributed by atoms with E-state index in [9.17, 15) is 13.2 Å². The van der Waals surface area contributed by atoms with Gasteiger partial charge in [0, 0.05) is 17.8 Å². The molecule has 0 spiro atoms. The molecule has 0 aromatic heterocycles. The molecule has 0 aliphatic carbocycles. The van der Waals surface area contributed by atoms with E-state index in [2.05, 4.69) is 0 Å². The zero-order chi connectivity index (χ0) is 16.0. The molecule has 0 amide bonds. The number of carbonyl (C=O) groups excluding carboxylic acids is 1. The molecule has 21 heavy (non-hydrogen) atoms. The van der Waals surface area contributed by atoms with E-state index in [4.69, 9.17) is 24.9 Å². The van der Waals surface area contributed by atoms with Gasteiger partial charge in [0.15, 0.2) is 0 Å². The Hall–Kier alpha value is -1.31. The van der Waals surface area contributed by atoms with Crippen molar-refractivity contribution in [1.29, 1.82) is 0 Å². The lowest BCUT2D eigenvalue weighted by molar-refractivity contribution is 0.0388. The van der Waals surface area contributed by atoms with Crippen LogP contribution in [-0.2, 0) is 18.5 Å². The van der Waals surface area contributed by atoms with Gasteiger partial charge >= 0.3 is 5.97 Å². The Kier molecular flexibility index (Phi) is 6.44. The molecule has 1 rings (SSSR count). The number of benzene rings is 1. The Morgan fingerprint density at radius 1 is 1.29 bits per heavy atom. The second kappa shape index (κ2) is 7.63. The molecule has 0 fully saturated rings. The largest absolute Gasteiger partial charge is 0.490 e. The molecule has 0 saturated heterocycles. The van der Waals surface area contributed by atoms with Gasteiger partial charge in [-0.3, -0.25) is 0 Å². The van der Waals surface area contributed by atoms with Crippen molar-refractivity contribution in [2.75, 3.05) is 20.3 Å². The van der Waals surface area contributed by atoms with E-state index in [0.29, 0.717) is 0 Å². The van der Waals surface area contributed by atoms with Crippen LogP contribution in [-0.4, -0.2) is 40.8 Å². The van der Waals surface area contributed by atoms with E-state index in [1.165, 1.54) is 19.2 Å². The van der Waals surface area contributed by atoms with Gasteiger partial charge in [-0.1, -0.05) is 0 Å². The molecule has 0 N–H and O–H groups in total. The normalized spacial score (nSPS) is 11.5. The third-order valence-corrected chi connectivity index (χ3v) is 3.67. The summed E-state index contributed by atoms with van der Waals surface area (Å²) in [6.07, 6.45) is -0.235. The van der Waals surface area contributed by atoms with Crippen molar-refractivity contribution in [1.82, 2.24) is 0 Å². The van der Waals surface area contributed by atoms with Crippen LogP contribution < -0.4 is 4.74 Å². The molecule has 0 radical (unpaired) electrons. The van der Waals surface area contributed by atoms with Crippen LogP contribution in [0, 0.1) is 0 Å². The summed E-state index contributed by atoms with van der Waals surface area (Å²) >= 11 is 0. The predicted octanol–water partition coefficient (Wildman–Crippen LogP) is 2.20. The monoisotopic (exact) mass is 336 g/mol. The summed E-state index contributed by atoms with van der Waals surface area (Å²) in [6.45, 7) is 3.82. The first kappa shape index (κ1) is 17.7. The fourth-order valence-electron chi connectivity index (χ4n) is 1.48. The number of halogens is 1. The smallest absolute Gasteiger partial charge is 0.338 e. The molecule has 0 saturated carbocycles. The maximum Gasteiger partial charge on any atom is 0.338 e. The zero-order valence-corrected chi connectivity index (χ0v) is 13.5. The van der Waals surface area contributed by atoms with Crippen LogP contribution in [0.1, 0.15) is 24.2 Å². The van der Waals surface area contributed by atoms with Crippen LogP contribution in [0.15, 0.2) is 23.1 Å². The first-order valence-corrected chi connectivity index (χ1v) is 8.48. The van der Waals surface area contributed by atoms with Gasteiger partial charge in [0.1, 0.15) is 17.3 Å². The molecule has 1 aromatic rings. The summed E-state index contributed by atoms with van der Waals surface area (Å²) in [7, 11) is 2.80. The predicted molar refractivity (Wildman–Crippen MR) is 77.4 cm³/mol. The Balaban J connectivity index is 3.07. The van der Waals surface area contributed by atoms with Crippen LogP contribution in [0.4, 0.5) is 0 Å². The van der Waals surface area contributed by atoms with Crippen molar-refractivity contribution in [3.8, 4) is 5.75 Å². The standard InChI is InChI=1S/C13H17ClO6S/c1-9(2)20-11-5-4-10(8-12(11)21(14,16)17)13(15)19-7-6-18-3/h4-5,8-9H,6-7H2,1-3H3. The van der Waals surface area contributed by atoms with Gasteiger partial charge in [-0.2, -0.15) is 0 Å². The fraction of sp³-hybridized carbons (Fsp3) is 0.462. The Morgan fingerprint density at radius 3 is 2.48 bits per heavy atom. The first-order chi connectivity index (χ1) is 9.75. The lowest BCUT2D eigenvalue weighted by atomic mass is 10.2. The fourth-order valence-corrected chi connectivity index (χ4v) is 2.46. The van der Waals surface area contributed by atoms with Crippen LogP contribution >= 0.6 is 10.7 Å². The first-order valence-electron chi connectivity index (χ1n) is 6.17. The lowest BCUT2D eigenvalue weighted by Gasteiger charge is -2.13. The van der Waals surface area contributed by atoms with Crippen LogP contribution in [0.25, 0.3) is 0 Å². The highest BCUT2D eigenvalue weighted by Gasteiger charge is 2.21. The van der Waals surface area contributed by atoms with Crippen LogP contribution in [0.2, 0.25) is 0 Å². The van der Waals surface area contributed by atoms with Gasteiger partial charge in [0.05, 0.1) is 18.3 Å². The van der Waals surface area contributed by atoms with E-state index in [1.54, 1.807) is 13.8 Å². The van der Waals surface area contributed by atoms with E-state index in [0.717, 1.165) is 6.07 Å². The number of hydrogen-bond acceptors (Lipinski definition) is 6. The van der Waals surface area contributed by atoms with Gasteiger partial charge in [0.25, 0.3) is 9.05 Å². The van der Waals surface area contributed by atoms with Crippen molar-refractivity contribution in [3.63, 3.8) is 0 Å². The van der Waals surface area contributed by atoms with Crippen molar-refractivity contribution >= 4 is 25.7 Å². The second-order valence-electron chi connectivity index (χ2n) is 4.39. The summed E-state index contributed by atoms with van der Waals surface area (Å²) in [4.78, 5) is 11.5. The van der Waals surface area contributed by atoms with Crippen LogP contribution in [0.3, 0.4) is 0 Å². The van der Waals surface area contributed by atoms with E-state index in [1.807, 2.05) is 0 Å². The van der Waals surface area contributed by atoms with E-state index < -0.39 is 15.0 Å². The molecule has 0 heterocycles. The highest BCUT2D eigenvalue weighted by Crippen LogP contribution is 2.29. The molecule has 0 atom stereocenters. The summed E-state index contributed by atoms with van der Waals surface area (Å²) in [5, 5.41) is 0. The van der Waals surface area contributed by atoms with E-state index in [-0.39, 0.29) is 35.5 Å². The molecule has 6 nitrogen and oxygen atoms in total. The van der Waals surface area contributed by atoms with Gasteiger partial charge in [-0.15, -0.1) is 0 Å². The van der Waals surface area contributed by atoms with Crippen molar-refractivity contribution < 1.29 is 27.4 Å². The Bertz CT molecular complexity index is 597. The van der Waals surface area contributed by atoms with E-state index >= 15 is 0 Å². The molecule has 0 unspecified atom stereocenters. The zero-order valence-electron chi connectivity index (χ0n) is 12.0. The highest BCUT2D eigenvalue weighted by molar-refractivity contribution is 8.13. The average Bonchev–Trinajstić information content (AvgIpc) is 2.37. The average molecular weight is 337 g/mol. The minimum atomic E-state index is -4.05. The van der Waals surface area contributed by atoms with Crippen molar-refractivity contribution in [2.24, 2.45) is 0 Å². The minimum Gasteiger partial charge on any atom is -0.490 e. The van der Waals surface area contributed by atoms with Crippen molar-refractivity contribution in [2.45, 2.75) is 24.8 Å². The second-order valence-corrected chi connectivity index (χ2v) is 6.93. The third-order valence-electron chi connectivity index (χ3n) is 2.33. The third kappa shape index (κ3) is 5.53. The number of rotatable bonds is 7. The number of esters is 1. The van der Waals surface area contributed by atoms with Gasteiger partial charge in [-0.05, 0) is 32.0 Å². The molecule has 1 aromatic carbocycles. The molecule has 8 heteroatoms. The summed E-state index contributed by atoms with van der Waals surface area (Å²) < 4.78 is 38.2. The Labute approximate surface area is 128 Å². The number of methoxy groups -OCH3 is 1. The molecule has 0 bridgehead atoms. The summed E-state index contributed by atoms with van der Waals surface area (Å²) in [5.74, 6) is -0.571. The molecule has 118 valence electrons. The van der Waals surface area contributed by atoms with Gasteiger partial charge in [0.2, 0.25) is 0 Å². The van der Waals surface area contributed by atoms with Crippen LogP contribution in [0.5, 0.6) is 5.75 Å². The highest BCUT2D eigenvalue weighted by atomic mass is 35.7.